The van der Waals surface area contributed by atoms with Gasteiger partial charge < -0.3 is 10.2 Å². The molecule has 0 bridgehead atoms. The van der Waals surface area contributed by atoms with E-state index < -0.39 is 23.3 Å². The lowest BCUT2D eigenvalue weighted by atomic mass is 9.95. The van der Waals surface area contributed by atoms with Crippen LogP contribution in [0.5, 0.6) is 5.75 Å². The Morgan fingerprint density at radius 3 is 2.42 bits per heavy atom. The van der Waals surface area contributed by atoms with Gasteiger partial charge in [-0.3, -0.25) is 9.89 Å². The Hall–Kier alpha value is -4.67. The molecule has 0 saturated heterocycles. The molecule has 4 rings (SSSR count). The molecule has 0 fully saturated rings. The fraction of sp³-hybridized carbons (Fsp3) is 0.185. The second-order valence-corrected chi connectivity index (χ2v) is 8.67. The Labute approximate surface area is 214 Å². The molecule has 1 aromatic heterocycles. The molecule has 0 spiro atoms. The maximum Gasteiger partial charge on any atom is 0.416 e. The average Bonchev–Trinajstić information content (AvgIpc) is 3.15. The molecule has 0 atom stereocenters. The molecule has 8 nitrogen and oxygen atoms in total. The third-order valence-electron chi connectivity index (χ3n) is 6.11. The number of hydrogen-bond donors (Lipinski definition) is 3. The largest absolute Gasteiger partial charge is 0.505 e. The van der Waals surface area contributed by atoms with Crippen LogP contribution in [0.4, 0.5) is 24.5 Å². The third kappa shape index (κ3) is 5.36. The Morgan fingerprint density at radius 2 is 1.71 bits per heavy atom. The van der Waals surface area contributed by atoms with Crippen LogP contribution in [-0.4, -0.2) is 26.0 Å². The first-order chi connectivity index (χ1) is 18.0. The summed E-state index contributed by atoms with van der Waals surface area (Å²) in [4.78, 5) is 24.2. The number of nitrogens with zero attached hydrogens (tertiary/aromatic N) is 3. The molecule has 0 aliphatic heterocycles. The van der Waals surface area contributed by atoms with Crippen LogP contribution < -0.4 is 5.56 Å². The van der Waals surface area contributed by atoms with Crippen molar-refractivity contribution in [2.75, 3.05) is 0 Å². The fourth-order valence-electron chi connectivity index (χ4n) is 4.14. The number of halogens is 3. The Kier molecular flexibility index (Phi) is 7.20. The van der Waals surface area contributed by atoms with Crippen molar-refractivity contribution < 1.29 is 28.2 Å². The standard InChI is InChI=1S/C27H23F3N4O4/c1-15-6-3-10-21(27(28,29)30)20(15)13-12-17-7-5-11-22(24(17)35)31-32-23-16(2)33-34(25(23)36)19-9-4-8-18(14-19)26(37)38/h3-11,14,33,35H,12-13H2,1-2H3,(H,37,38). The molecule has 0 aliphatic carbocycles. The van der Waals surface area contributed by atoms with E-state index in [9.17, 15) is 33.0 Å². The molecule has 196 valence electrons. The highest BCUT2D eigenvalue weighted by Gasteiger charge is 2.33. The van der Waals surface area contributed by atoms with Gasteiger partial charge >= 0.3 is 12.1 Å². The highest BCUT2D eigenvalue weighted by molar-refractivity contribution is 5.88. The number of aromatic carboxylic acids is 1. The van der Waals surface area contributed by atoms with E-state index in [1.54, 1.807) is 38.1 Å². The van der Waals surface area contributed by atoms with Gasteiger partial charge in [-0.15, -0.1) is 10.2 Å². The van der Waals surface area contributed by atoms with E-state index in [1.165, 1.54) is 30.3 Å². The van der Waals surface area contributed by atoms with E-state index in [4.69, 9.17) is 0 Å². The number of aromatic amines is 1. The first kappa shape index (κ1) is 26.4. The number of phenols is 1. The summed E-state index contributed by atoms with van der Waals surface area (Å²) in [7, 11) is 0. The van der Waals surface area contributed by atoms with E-state index >= 15 is 0 Å². The first-order valence-corrected chi connectivity index (χ1v) is 11.5. The Balaban J connectivity index is 1.60. The summed E-state index contributed by atoms with van der Waals surface area (Å²) in [6.45, 7) is 3.20. The number of hydrogen-bond acceptors (Lipinski definition) is 5. The highest BCUT2D eigenvalue weighted by Crippen LogP contribution is 2.36. The van der Waals surface area contributed by atoms with Crippen molar-refractivity contribution in [3.05, 3.63) is 105 Å². The summed E-state index contributed by atoms with van der Waals surface area (Å²) >= 11 is 0. The predicted octanol–water partition coefficient (Wildman–Crippen LogP) is 6.41. The number of para-hydroxylation sites is 1. The molecular formula is C27H23F3N4O4. The molecule has 0 radical (unpaired) electrons. The highest BCUT2D eigenvalue weighted by atomic mass is 19.4. The van der Waals surface area contributed by atoms with Crippen LogP contribution in [0.15, 0.2) is 75.7 Å². The van der Waals surface area contributed by atoms with E-state index in [-0.39, 0.29) is 41.1 Å². The summed E-state index contributed by atoms with van der Waals surface area (Å²) < 4.78 is 41.5. The number of carbonyl (C=O) groups is 1. The van der Waals surface area contributed by atoms with Crippen LogP contribution in [0.2, 0.25) is 0 Å². The van der Waals surface area contributed by atoms with Crippen LogP contribution in [0.1, 0.15) is 38.3 Å². The molecule has 1 heterocycles. The lowest BCUT2D eigenvalue weighted by Crippen LogP contribution is -2.14. The number of carboxylic acids is 1. The van der Waals surface area contributed by atoms with Gasteiger partial charge in [0.1, 0.15) is 11.4 Å². The SMILES string of the molecule is Cc1cccc(C(F)(F)F)c1CCc1cccc(N=Nc2c(C)[nH]n(-c3cccc(C(=O)O)c3)c2=O)c1O. The summed E-state index contributed by atoms with van der Waals surface area (Å²) in [6.07, 6.45) is -4.32. The minimum Gasteiger partial charge on any atom is -0.505 e. The normalized spacial score (nSPS) is 11.8. The maximum atomic E-state index is 13.5. The van der Waals surface area contributed by atoms with Crippen LogP contribution >= 0.6 is 0 Å². The number of aryl methyl sites for hydroxylation is 3. The number of aromatic nitrogens is 2. The molecule has 4 aromatic rings. The zero-order chi connectivity index (χ0) is 27.6. The van der Waals surface area contributed by atoms with Crippen molar-refractivity contribution >= 4 is 17.3 Å². The predicted molar refractivity (Wildman–Crippen MR) is 134 cm³/mol. The second-order valence-electron chi connectivity index (χ2n) is 8.67. The Morgan fingerprint density at radius 1 is 1.00 bits per heavy atom. The summed E-state index contributed by atoms with van der Waals surface area (Å²) in [6, 6.07) is 14.4. The quantitative estimate of drug-likeness (QED) is 0.242. The van der Waals surface area contributed by atoms with Gasteiger partial charge in [-0.05, 0) is 73.7 Å². The minimum atomic E-state index is -4.49. The van der Waals surface area contributed by atoms with E-state index in [2.05, 4.69) is 15.3 Å². The summed E-state index contributed by atoms with van der Waals surface area (Å²) in [5.41, 5.74) is 0.391. The number of benzene rings is 3. The van der Waals surface area contributed by atoms with E-state index in [0.29, 0.717) is 22.5 Å². The van der Waals surface area contributed by atoms with Crippen molar-refractivity contribution in [1.82, 2.24) is 9.78 Å². The number of aromatic hydroxyl groups is 1. The molecular weight excluding hydrogens is 501 g/mol. The molecule has 0 amide bonds. The first-order valence-electron chi connectivity index (χ1n) is 11.5. The van der Waals surface area contributed by atoms with Crippen molar-refractivity contribution in [3.63, 3.8) is 0 Å². The smallest absolute Gasteiger partial charge is 0.416 e. The van der Waals surface area contributed by atoms with E-state index in [0.717, 1.165) is 10.7 Å². The van der Waals surface area contributed by atoms with Gasteiger partial charge in [-0.2, -0.15) is 13.2 Å². The number of nitrogens with one attached hydrogen (secondary N) is 1. The zero-order valence-corrected chi connectivity index (χ0v) is 20.4. The molecule has 3 N–H and O–H groups in total. The van der Waals surface area contributed by atoms with Gasteiger partial charge in [0.15, 0.2) is 5.69 Å². The van der Waals surface area contributed by atoms with E-state index in [1.807, 2.05) is 0 Å². The Bertz CT molecular complexity index is 1600. The number of azo groups is 1. The van der Waals surface area contributed by atoms with Gasteiger partial charge in [0, 0.05) is 0 Å². The minimum absolute atomic E-state index is 0.000354. The third-order valence-corrected chi connectivity index (χ3v) is 6.11. The van der Waals surface area contributed by atoms with Crippen molar-refractivity contribution in [2.24, 2.45) is 10.2 Å². The topological polar surface area (TPSA) is 120 Å². The van der Waals surface area contributed by atoms with Gasteiger partial charge in [0.25, 0.3) is 5.56 Å². The zero-order valence-electron chi connectivity index (χ0n) is 20.4. The van der Waals surface area contributed by atoms with Gasteiger partial charge in [0.05, 0.1) is 22.5 Å². The summed E-state index contributed by atoms with van der Waals surface area (Å²) in [5, 5.41) is 30.8. The number of rotatable bonds is 7. The van der Waals surface area contributed by atoms with Crippen molar-refractivity contribution in [2.45, 2.75) is 32.9 Å². The average molecular weight is 524 g/mol. The molecule has 38 heavy (non-hydrogen) atoms. The van der Waals surface area contributed by atoms with Crippen LogP contribution in [0, 0.1) is 13.8 Å². The fourth-order valence-corrected chi connectivity index (χ4v) is 4.14. The van der Waals surface area contributed by atoms with Crippen molar-refractivity contribution in [3.8, 4) is 11.4 Å². The molecule has 11 heteroatoms. The number of carboxylic acid groups (broad SMARTS) is 1. The van der Waals surface area contributed by atoms with Gasteiger partial charge in [0.2, 0.25) is 0 Å². The molecule has 3 aromatic carbocycles. The van der Waals surface area contributed by atoms with Crippen LogP contribution in [0.25, 0.3) is 5.69 Å². The monoisotopic (exact) mass is 524 g/mol. The summed E-state index contributed by atoms with van der Waals surface area (Å²) in [5.74, 6) is -1.39. The second kappa shape index (κ2) is 10.4. The molecule has 0 aliphatic rings. The van der Waals surface area contributed by atoms with Crippen LogP contribution in [-0.2, 0) is 19.0 Å². The lowest BCUT2D eigenvalue weighted by molar-refractivity contribution is -0.138. The molecule has 0 unspecified atom stereocenters. The maximum absolute atomic E-state index is 13.5. The van der Waals surface area contributed by atoms with Crippen molar-refractivity contribution in [1.29, 1.82) is 0 Å². The lowest BCUT2D eigenvalue weighted by Gasteiger charge is -2.15. The number of H-pyrrole nitrogens is 1. The number of phenolic OH excluding ortho intramolecular Hbond substituents is 1. The van der Waals surface area contributed by atoms with Gasteiger partial charge in [-0.1, -0.05) is 30.3 Å². The van der Waals surface area contributed by atoms with Gasteiger partial charge in [-0.25, -0.2) is 9.48 Å². The van der Waals surface area contributed by atoms with Crippen LogP contribution in [0.3, 0.4) is 0 Å². The molecule has 0 saturated carbocycles. The number of alkyl halides is 3.